The van der Waals surface area contributed by atoms with Gasteiger partial charge >= 0.3 is 0 Å². The quantitative estimate of drug-likeness (QED) is 0.621. The molecule has 2 N–H and O–H groups in total. The molecule has 2 aromatic carbocycles. The monoisotopic (exact) mass is 390 g/mol. The molecule has 1 aliphatic heterocycles. The normalized spacial score (nSPS) is 14.0. The average Bonchev–Trinajstić information content (AvgIpc) is 3.06. The number of benzene rings is 2. The molecule has 0 saturated heterocycles. The smallest absolute Gasteiger partial charge is 0.264 e. The third-order valence-corrected chi connectivity index (χ3v) is 4.25. The SMILES string of the molecule is CC(C)CNC(=O)C(C#N)=C1N=C(NC(=O)c2ccc(F)cc2)c2ccccc21. The van der Waals surface area contributed by atoms with Crippen LogP contribution in [-0.4, -0.2) is 24.2 Å². The molecule has 29 heavy (non-hydrogen) atoms. The van der Waals surface area contributed by atoms with Gasteiger partial charge in [0.1, 0.15) is 23.3 Å². The molecule has 0 aliphatic carbocycles. The molecule has 2 amide bonds. The molecular weight excluding hydrogens is 371 g/mol. The van der Waals surface area contributed by atoms with Crippen LogP contribution in [0.2, 0.25) is 0 Å². The van der Waals surface area contributed by atoms with Crippen LogP contribution in [0.15, 0.2) is 59.1 Å². The Morgan fingerprint density at radius 3 is 2.38 bits per heavy atom. The van der Waals surface area contributed by atoms with Gasteiger partial charge in [0.05, 0.1) is 5.70 Å². The number of carbonyl (C=O) groups is 2. The molecule has 0 aromatic heterocycles. The Kier molecular flexibility index (Phi) is 5.84. The predicted octanol–water partition coefficient (Wildman–Crippen LogP) is 3.02. The number of aliphatic imine (C=N–C) groups is 1. The van der Waals surface area contributed by atoms with Crippen molar-refractivity contribution in [3.63, 3.8) is 0 Å². The lowest BCUT2D eigenvalue weighted by Gasteiger charge is -2.08. The van der Waals surface area contributed by atoms with Crippen LogP contribution in [0.1, 0.15) is 35.3 Å². The van der Waals surface area contributed by atoms with Crippen LogP contribution in [-0.2, 0) is 4.79 Å². The number of nitrogens with one attached hydrogen (secondary N) is 2. The molecule has 1 heterocycles. The van der Waals surface area contributed by atoms with Gasteiger partial charge < -0.3 is 10.6 Å². The summed E-state index contributed by atoms with van der Waals surface area (Å²) in [5.41, 5.74) is 1.53. The highest BCUT2D eigenvalue weighted by atomic mass is 19.1. The van der Waals surface area contributed by atoms with Gasteiger partial charge in [0, 0.05) is 23.2 Å². The number of halogens is 1. The van der Waals surface area contributed by atoms with Crippen molar-refractivity contribution >= 4 is 23.3 Å². The minimum atomic E-state index is -0.513. The van der Waals surface area contributed by atoms with E-state index in [1.807, 2.05) is 19.9 Å². The van der Waals surface area contributed by atoms with Crippen LogP contribution in [0.4, 0.5) is 4.39 Å². The third-order valence-electron chi connectivity index (χ3n) is 4.25. The van der Waals surface area contributed by atoms with Gasteiger partial charge in [-0.2, -0.15) is 5.26 Å². The summed E-state index contributed by atoms with van der Waals surface area (Å²) in [5.74, 6) is -0.965. The molecule has 7 heteroatoms. The molecule has 0 fully saturated rings. The summed E-state index contributed by atoms with van der Waals surface area (Å²) in [6, 6.07) is 14.0. The van der Waals surface area contributed by atoms with Gasteiger partial charge in [-0.1, -0.05) is 38.1 Å². The van der Waals surface area contributed by atoms with Crippen molar-refractivity contribution in [2.75, 3.05) is 6.54 Å². The van der Waals surface area contributed by atoms with E-state index in [0.717, 1.165) is 0 Å². The maximum atomic E-state index is 13.1. The largest absolute Gasteiger partial charge is 0.351 e. The fourth-order valence-electron chi connectivity index (χ4n) is 2.79. The van der Waals surface area contributed by atoms with Crippen LogP contribution in [0.25, 0.3) is 5.70 Å². The van der Waals surface area contributed by atoms with E-state index in [-0.39, 0.29) is 28.6 Å². The molecule has 2 aromatic rings. The maximum absolute atomic E-state index is 13.1. The standard InChI is InChI=1S/C22H19FN4O2/c1-13(2)12-25-22(29)18(11-24)19-16-5-3-4-6-17(16)20(26-19)27-21(28)14-7-9-15(23)10-8-14/h3-10,13H,12H2,1-2H3,(H,25,29)(H,26,27,28). The number of rotatable bonds is 4. The number of hydrogen-bond donors (Lipinski definition) is 2. The summed E-state index contributed by atoms with van der Waals surface area (Å²) in [6.45, 7) is 4.33. The van der Waals surface area contributed by atoms with Gasteiger partial charge in [0.15, 0.2) is 0 Å². The lowest BCUT2D eigenvalue weighted by Crippen LogP contribution is -2.30. The van der Waals surface area contributed by atoms with Crippen molar-refractivity contribution < 1.29 is 14.0 Å². The van der Waals surface area contributed by atoms with E-state index in [2.05, 4.69) is 15.6 Å². The molecule has 0 atom stereocenters. The summed E-state index contributed by atoms with van der Waals surface area (Å²) >= 11 is 0. The number of amides is 2. The molecular formula is C22H19FN4O2. The average molecular weight is 390 g/mol. The number of hydrogen-bond acceptors (Lipinski definition) is 4. The highest BCUT2D eigenvalue weighted by molar-refractivity contribution is 6.20. The Balaban J connectivity index is 1.96. The topological polar surface area (TPSA) is 94.3 Å². The Morgan fingerprint density at radius 2 is 1.76 bits per heavy atom. The Bertz CT molecular complexity index is 1060. The molecule has 3 rings (SSSR count). The van der Waals surface area contributed by atoms with E-state index in [1.54, 1.807) is 24.3 Å². The number of nitriles is 1. The first-order valence-corrected chi connectivity index (χ1v) is 9.08. The first kappa shape index (κ1) is 20.0. The Hall–Kier alpha value is -3.79. The van der Waals surface area contributed by atoms with Gasteiger partial charge in [-0.3, -0.25) is 9.59 Å². The van der Waals surface area contributed by atoms with Crippen LogP contribution in [0.3, 0.4) is 0 Å². The minimum absolute atomic E-state index is 0.121. The van der Waals surface area contributed by atoms with E-state index in [1.165, 1.54) is 24.3 Å². The van der Waals surface area contributed by atoms with E-state index in [0.29, 0.717) is 17.7 Å². The van der Waals surface area contributed by atoms with Crippen molar-refractivity contribution in [1.29, 1.82) is 5.26 Å². The summed E-state index contributed by atoms with van der Waals surface area (Å²) in [7, 11) is 0. The highest BCUT2D eigenvalue weighted by Gasteiger charge is 2.27. The Morgan fingerprint density at radius 1 is 1.10 bits per heavy atom. The molecule has 6 nitrogen and oxygen atoms in total. The molecule has 0 bridgehead atoms. The lowest BCUT2D eigenvalue weighted by atomic mass is 10.0. The number of nitrogens with zero attached hydrogens (tertiary/aromatic N) is 2. The predicted molar refractivity (Wildman–Crippen MR) is 107 cm³/mol. The molecule has 146 valence electrons. The number of amidine groups is 1. The van der Waals surface area contributed by atoms with Gasteiger partial charge in [0.25, 0.3) is 11.8 Å². The second-order valence-corrected chi connectivity index (χ2v) is 6.91. The van der Waals surface area contributed by atoms with E-state index in [9.17, 15) is 19.2 Å². The van der Waals surface area contributed by atoms with Crippen LogP contribution in [0, 0.1) is 23.1 Å². The molecule has 0 spiro atoms. The fourth-order valence-corrected chi connectivity index (χ4v) is 2.79. The summed E-state index contributed by atoms with van der Waals surface area (Å²) in [6.07, 6.45) is 0. The number of carbonyl (C=O) groups excluding carboxylic acids is 2. The molecule has 0 radical (unpaired) electrons. The lowest BCUT2D eigenvalue weighted by molar-refractivity contribution is -0.117. The second kappa shape index (κ2) is 8.48. The number of fused-ring (bicyclic) bond motifs is 1. The zero-order chi connectivity index (χ0) is 21.0. The zero-order valence-electron chi connectivity index (χ0n) is 16.0. The Labute approximate surface area is 167 Å². The van der Waals surface area contributed by atoms with Gasteiger partial charge in [0.2, 0.25) is 0 Å². The molecule has 0 saturated carbocycles. The van der Waals surface area contributed by atoms with Gasteiger partial charge in [-0.25, -0.2) is 9.38 Å². The molecule has 1 aliphatic rings. The zero-order valence-corrected chi connectivity index (χ0v) is 16.0. The summed E-state index contributed by atoms with van der Waals surface area (Å²) in [4.78, 5) is 29.3. The third kappa shape index (κ3) is 4.38. The summed E-state index contributed by atoms with van der Waals surface area (Å²) in [5, 5.41) is 15.0. The van der Waals surface area contributed by atoms with Crippen molar-refractivity contribution in [3.05, 3.63) is 76.6 Å². The van der Waals surface area contributed by atoms with Crippen LogP contribution in [0.5, 0.6) is 0 Å². The first-order chi connectivity index (χ1) is 13.9. The summed E-state index contributed by atoms with van der Waals surface area (Å²) < 4.78 is 13.1. The van der Waals surface area contributed by atoms with E-state index >= 15 is 0 Å². The van der Waals surface area contributed by atoms with E-state index < -0.39 is 17.6 Å². The van der Waals surface area contributed by atoms with Crippen molar-refractivity contribution in [2.24, 2.45) is 10.9 Å². The van der Waals surface area contributed by atoms with Crippen LogP contribution < -0.4 is 10.6 Å². The highest BCUT2D eigenvalue weighted by Crippen LogP contribution is 2.30. The molecule has 0 unspecified atom stereocenters. The maximum Gasteiger partial charge on any atom is 0.264 e. The van der Waals surface area contributed by atoms with Gasteiger partial charge in [-0.15, -0.1) is 0 Å². The second-order valence-electron chi connectivity index (χ2n) is 6.91. The first-order valence-electron chi connectivity index (χ1n) is 9.08. The fraction of sp³-hybridized carbons (Fsp3) is 0.182. The minimum Gasteiger partial charge on any atom is -0.351 e. The van der Waals surface area contributed by atoms with Crippen LogP contribution >= 0.6 is 0 Å². The van der Waals surface area contributed by atoms with E-state index in [4.69, 9.17) is 0 Å². The van der Waals surface area contributed by atoms with Crippen molar-refractivity contribution in [3.8, 4) is 6.07 Å². The van der Waals surface area contributed by atoms with Crippen molar-refractivity contribution in [2.45, 2.75) is 13.8 Å². The van der Waals surface area contributed by atoms with Gasteiger partial charge in [-0.05, 0) is 30.2 Å². The van der Waals surface area contributed by atoms with Crippen molar-refractivity contribution in [1.82, 2.24) is 10.6 Å².